The average molecular weight is 234 g/mol. The smallest absolute Gasteiger partial charge is 0.0408 e. The van der Waals surface area contributed by atoms with E-state index in [2.05, 4.69) is 13.8 Å². The molecule has 0 unspecified atom stereocenters. The highest BCUT2D eigenvalue weighted by Gasteiger charge is 2.07. The van der Waals surface area contributed by atoms with Gasteiger partial charge in [-0.15, -0.1) is 12.4 Å². The molecule has 0 saturated carbocycles. The molecule has 3 heteroatoms. The third kappa shape index (κ3) is 3.49. The van der Waals surface area contributed by atoms with Gasteiger partial charge in [-0.1, -0.05) is 31.0 Å². The van der Waals surface area contributed by atoms with Crippen LogP contribution in [0.3, 0.4) is 0 Å². The molecule has 0 aliphatic rings. The molecule has 0 saturated heterocycles. The Morgan fingerprint density at radius 1 is 1.43 bits per heavy atom. The monoisotopic (exact) mass is 233 g/mol. The van der Waals surface area contributed by atoms with Gasteiger partial charge in [-0.3, -0.25) is 0 Å². The van der Waals surface area contributed by atoms with Crippen LogP contribution in [-0.2, 0) is 0 Å². The van der Waals surface area contributed by atoms with Crippen molar-refractivity contribution in [1.29, 1.82) is 0 Å². The van der Waals surface area contributed by atoms with Crippen molar-refractivity contribution in [2.75, 3.05) is 0 Å². The topological polar surface area (TPSA) is 26.0 Å². The van der Waals surface area contributed by atoms with Gasteiger partial charge in [0.15, 0.2) is 0 Å². The lowest BCUT2D eigenvalue weighted by molar-refractivity contribution is 0.635. The Hall–Kier alpha value is -0.240. The lowest BCUT2D eigenvalue weighted by atomic mass is 9.99. The molecule has 1 rings (SSSR count). The molecule has 0 heterocycles. The van der Waals surface area contributed by atoms with Crippen molar-refractivity contribution in [2.45, 2.75) is 32.7 Å². The van der Waals surface area contributed by atoms with E-state index < -0.39 is 0 Å². The minimum absolute atomic E-state index is 0. The van der Waals surface area contributed by atoms with E-state index in [9.17, 15) is 0 Å². The van der Waals surface area contributed by atoms with Crippen LogP contribution in [0.25, 0.3) is 0 Å². The standard InChI is InChI=1S/C11H16ClN.ClH/c1-3-4-11(13)10-6-5-9(12)7-8(10)2;/h5-7,11H,3-4,13H2,1-2H3;1H/t11-;/m1./s1. The molecule has 1 aromatic carbocycles. The Balaban J connectivity index is 0.00000169. The van der Waals surface area contributed by atoms with Crippen LogP contribution in [0.5, 0.6) is 0 Å². The fourth-order valence-corrected chi connectivity index (χ4v) is 1.75. The Morgan fingerprint density at radius 2 is 2.07 bits per heavy atom. The molecule has 0 aromatic heterocycles. The van der Waals surface area contributed by atoms with Crippen LogP contribution in [0.15, 0.2) is 18.2 Å². The number of nitrogens with two attached hydrogens (primary N) is 1. The second-order valence-electron chi connectivity index (χ2n) is 3.40. The zero-order valence-electron chi connectivity index (χ0n) is 8.59. The average Bonchev–Trinajstić information content (AvgIpc) is 2.04. The molecule has 1 atom stereocenters. The molecule has 2 N–H and O–H groups in total. The molecule has 0 amide bonds. The maximum atomic E-state index is 6.01. The van der Waals surface area contributed by atoms with Crippen LogP contribution in [-0.4, -0.2) is 0 Å². The Morgan fingerprint density at radius 3 is 2.57 bits per heavy atom. The lowest BCUT2D eigenvalue weighted by Crippen LogP contribution is -2.11. The van der Waals surface area contributed by atoms with Crippen molar-refractivity contribution < 1.29 is 0 Å². The molecular weight excluding hydrogens is 217 g/mol. The fourth-order valence-electron chi connectivity index (χ4n) is 1.52. The van der Waals surface area contributed by atoms with Crippen molar-refractivity contribution >= 4 is 24.0 Å². The first-order valence-corrected chi connectivity index (χ1v) is 5.04. The summed E-state index contributed by atoms with van der Waals surface area (Å²) in [5.74, 6) is 0. The molecule has 0 bridgehead atoms. The summed E-state index contributed by atoms with van der Waals surface area (Å²) in [7, 11) is 0. The first-order chi connectivity index (χ1) is 6.15. The predicted octanol–water partition coefficient (Wildman–Crippen LogP) is 3.87. The van der Waals surface area contributed by atoms with Gasteiger partial charge in [-0.2, -0.15) is 0 Å². The van der Waals surface area contributed by atoms with Crippen LogP contribution >= 0.6 is 24.0 Å². The molecule has 0 spiro atoms. The Labute approximate surface area is 97.1 Å². The van der Waals surface area contributed by atoms with Crippen LogP contribution < -0.4 is 5.73 Å². The summed E-state index contributed by atoms with van der Waals surface area (Å²) in [5, 5.41) is 0.782. The summed E-state index contributed by atoms with van der Waals surface area (Å²) in [4.78, 5) is 0. The number of hydrogen-bond acceptors (Lipinski definition) is 1. The summed E-state index contributed by atoms with van der Waals surface area (Å²) in [6.45, 7) is 4.20. The van der Waals surface area contributed by atoms with Gasteiger partial charge in [0, 0.05) is 11.1 Å². The quantitative estimate of drug-likeness (QED) is 0.844. The van der Waals surface area contributed by atoms with Crippen molar-refractivity contribution in [2.24, 2.45) is 5.73 Å². The minimum atomic E-state index is 0. The maximum Gasteiger partial charge on any atom is 0.0408 e. The van der Waals surface area contributed by atoms with Gasteiger partial charge in [-0.05, 0) is 36.6 Å². The highest BCUT2D eigenvalue weighted by molar-refractivity contribution is 6.30. The molecule has 14 heavy (non-hydrogen) atoms. The van der Waals surface area contributed by atoms with E-state index >= 15 is 0 Å². The third-order valence-electron chi connectivity index (χ3n) is 2.23. The maximum absolute atomic E-state index is 6.01. The number of rotatable bonds is 3. The first-order valence-electron chi connectivity index (χ1n) is 4.66. The summed E-state index contributed by atoms with van der Waals surface area (Å²) >= 11 is 5.86. The van der Waals surface area contributed by atoms with E-state index in [-0.39, 0.29) is 18.4 Å². The normalized spacial score (nSPS) is 12.0. The highest BCUT2D eigenvalue weighted by atomic mass is 35.5. The molecule has 0 aliphatic heterocycles. The van der Waals surface area contributed by atoms with Gasteiger partial charge in [0.1, 0.15) is 0 Å². The number of hydrogen-bond donors (Lipinski definition) is 1. The highest BCUT2D eigenvalue weighted by Crippen LogP contribution is 2.22. The summed E-state index contributed by atoms with van der Waals surface area (Å²) in [6.07, 6.45) is 2.14. The SMILES string of the molecule is CCC[C@@H](N)c1ccc(Cl)cc1C.Cl. The van der Waals surface area contributed by atoms with Crippen molar-refractivity contribution in [1.82, 2.24) is 0 Å². The third-order valence-corrected chi connectivity index (χ3v) is 2.47. The summed E-state index contributed by atoms with van der Waals surface area (Å²) in [5.41, 5.74) is 8.42. The molecule has 0 aliphatic carbocycles. The van der Waals surface area contributed by atoms with Crippen molar-refractivity contribution in [3.63, 3.8) is 0 Å². The van der Waals surface area contributed by atoms with Gasteiger partial charge in [0.2, 0.25) is 0 Å². The second kappa shape index (κ2) is 6.28. The van der Waals surface area contributed by atoms with Gasteiger partial charge in [0.25, 0.3) is 0 Å². The van der Waals surface area contributed by atoms with E-state index in [0.29, 0.717) is 0 Å². The first kappa shape index (κ1) is 13.8. The van der Waals surface area contributed by atoms with Crippen molar-refractivity contribution in [3.05, 3.63) is 34.3 Å². The van der Waals surface area contributed by atoms with E-state index in [1.165, 1.54) is 11.1 Å². The lowest BCUT2D eigenvalue weighted by Gasteiger charge is -2.13. The van der Waals surface area contributed by atoms with Gasteiger partial charge in [-0.25, -0.2) is 0 Å². The molecular formula is C11H17Cl2N. The van der Waals surface area contributed by atoms with E-state index in [1.807, 2.05) is 18.2 Å². The van der Waals surface area contributed by atoms with Crippen LogP contribution in [0.2, 0.25) is 5.02 Å². The Bertz CT molecular complexity index is 287. The second-order valence-corrected chi connectivity index (χ2v) is 3.83. The fraction of sp³-hybridized carbons (Fsp3) is 0.455. The number of benzene rings is 1. The van der Waals surface area contributed by atoms with Gasteiger partial charge >= 0.3 is 0 Å². The van der Waals surface area contributed by atoms with Crippen LogP contribution in [0, 0.1) is 6.92 Å². The van der Waals surface area contributed by atoms with Crippen molar-refractivity contribution in [3.8, 4) is 0 Å². The molecule has 1 nitrogen and oxygen atoms in total. The summed E-state index contributed by atoms with van der Waals surface area (Å²) in [6, 6.07) is 6.05. The number of aryl methyl sites for hydroxylation is 1. The molecule has 0 fully saturated rings. The molecule has 0 radical (unpaired) electrons. The van der Waals surface area contributed by atoms with E-state index in [4.69, 9.17) is 17.3 Å². The van der Waals surface area contributed by atoms with Gasteiger partial charge < -0.3 is 5.73 Å². The molecule has 1 aromatic rings. The van der Waals surface area contributed by atoms with Crippen LogP contribution in [0.1, 0.15) is 36.9 Å². The van der Waals surface area contributed by atoms with Gasteiger partial charge in [0.05, 0.1) is 0 Å². The zero-order chi connectivity index (χ0) is 9.84. The number of halogens is 2. The molecule has 80 valence electrons. The van der Waals surface area contributed by atoms with Crippen LogP contribution in [0.4, 0.5) is 0 Å². The largest absolute Gasteiger partial charge is 0.324 e. The van der Waals surface area contributed by atoms with E-state index in [0.717, 1.165) is 17.9 Å². The zero-order valence-corrected chi connectivity index (χ0v) is 10.2. The predicted molar refractivity (Wildman–Crippen MR) is 65.3 cm³/mol. The summed E-state index contributed by atoms with van der Waals surface area (Å²) < 4.78 is 0. The van der Waals surface area contributed by atoms with E-state index in [1.54, 1.807) is 0 Å². The Kier molecular flexibility index (Phi) is 6.17. The minimum Gasteiger partial charge on any atom is -0.324 e.